The lowest BCUT2D eigenvalue weighted by molar-refractivity contribution is -0.119. The van der Waals surface area contributed by atoms with Gasteiger partial charge in [0.25, 0.3) is 5.91 Å². The van der Waals surface area contributed by atoms with Gasteiger partial charge in [0.05, 0.1) is 0 Å². The van der Waals surface area contributed by atoms with Gasteiger partial charge in [0.1, 0.15) is 5.58 Å². The number of ether oxygens (including phenoxy) is 1. The van der Waals surface area contributed by atoms with Crippen molar-refractivity contribution in [2.24, 2.45) is 0 Å². The topological polar surface area (TPSA) is 68.5 Å². The van der Waals surface area contributed by atoms with Crippen LogP contribution < -0.4 is 5.32 Å². The van der Waals surface area contributed by atoms with E-state index < -0.39 is 30.1 Å². The van der Waals surface area contributed by atoms with Crippen LogP contribution in [0.15, 0.2) is 46.9 Å². The number of furan rings is 1. The number of fused-ring (bicyclic) bond motifs is 1. The van der Waals surface area contributed by atoms with Gasteiger partial charge in [-0.15, -0.1) is 0 Å². The van der Waals surface area contributed by atoms with Gasteiger partial charge in [-0.2, -0.15) is 0 Å². The average molecular weight is 366 g/mol. The molecule has 0 aliphatic carbocycles. The molecule has 5 nitrogen and oxygen atoms in total. The largest absolute Gasteiger partial charge is 0.450 e. The maximum atomic E-state index is 13.1. The second-order valence-electron chi connectivity index (χ2n) is 5.05. The summed E-state index contributed by atoms with van der Waals surface area (Å²) >= 11 is 5.85. The Labute approximate surface area is 145 Å². The highest BCUT2D eigenvalue weighted by Gasteiger charge is 2.16. The number of carbonyl (C=O) groups excluding carboxylic acids is 2. The lowest BCUT2D eigenvalue weighted by Gasteiger charge is -2.06. The first-order valence-electron chi connectivity index (χ1n) is 7.03. The van der Waals surface area contributed by atoms with Gasteiger partial charge in [-0.25, -0.2) is 13.6 Å². The molecule has 0 atom stereocenters. The molecular weight excluding hydrogens is 356 g/mol. The van der Waals surface area contributed by atoms with Gasteiger partial charge >= 0.3 is 5.97 Å². The number of hydrogen-bond acceptors (Lipinski definition) is 4. The molecule has 2 aromatic carbocycles. The number of rotatable bonds is 4. The number of carbonyl (C=O) groups is 2. The number of nitrogens with one attached hydrogen (secondary N) is 1. The molecule has 0 bridgehead atoms. The van der Waals surface area contributed by atoms with Crippen LogP contribution in [0.3, 0.4) is 0 Å². The van der Waals surface area contributed by atoms with Gasteiger partial charge in [-0.3, -0.25) is 4.79 Å². The third-order valence-electron chi connectivity index (χ3n) is 3.22. The molecule has 25 heavy (non-hydrogen) atoms. The van der Waals surface area contributed by atoms with E-state index in [-0.39, 0.29) is 11.4 Å². The number of esters is 1. The summed E-state index contributed by atoms with van der Waals surface area (Å²) < 4.78 is 36.0. The third-order valence-corrected chi connectivity index (χ3v) is 3.45. The Kier molecular flexibility index (Phi) is 4.67. The van der Waals surface area contributed by atoms with E-state index in [0.29, 0.717) is 16.0 Å². The van der Waals surface area contributed by atoms with Gasteiger partial charge in [-0.05, 0) is 36.4 Å². The molecule has 1 N–H and O–H groups in total. The SMILES string of the molecule is O=C(COC(=O)c1cc2cc(Cl)ccc2o1)Nc1ccc(F)c(F)c1. The Morgan fingerprint density at radius 1 is 1.08 bits per heavy atom. The van der Waals surface area contributed by atoms with Crippen LogP contribution in [0, 0.1) is 11.6 Å². The number of hydrogen-bond donors (Lipinski definition) is 1. The van der Waals surface area contributed by atoms with Crippen LogP contribution in [0.4, 0.5) is 14.5 Å². The first-order valence-corrected chi connectivity index (χ1v) is 7.41. The minimum atomic E-state index is -1.10. The van der Waals surface area contributed by atoms with Crippen LogP contribution in [0.1, 0.15) is 10.6 Å². The maximum absolute atomic E-state index is 13.1. The van der Waals surface area contributed by atoms with Crippen molar-refractivity contribution in [3.8, 4) is 0 Å². The van der Waals surface area contributed by atoms with Crippen LogP contribution in [-0.2, 0) is 9.53 Å². The van der Waals surface area contributed by atoms with E-state index in [1.54, 1.807) is 18.2 Å². The van der Waals surface area contributed by atoms with E-state index in [0.717, 1.165) is 12.1 Å². The molecule has 0 aliphatic rings. The molecule has 3 aromatic rings. The molecule has 128 valence electrons. The van der Waals surface area contributed by atoms with Crippen molar-refractivity contribution in [1.29, 1.82) is 0 Å². The molecule has 0 radical (unpaired) electrons. The monoisotopic (exact) mass is 365 g/mol. The van der Waals surface area contributed by atoms with E-state index in [1.807, 2.05) is 0 Å². The predicted octanol–water partition coefficient (Wildman–Crippen LogP) is 4.16. The summed E-state index contributed by atoms with van der Waals surface area (Å²) in [6.07, 6.45) is 0. The van der Waals surface area contributed by atoms with Gasteiger partial charge in [0, 0.05) is 22.2 Å². The summed E-state index contributed by atoms with van der Waals surface area (Å²) in [4.78, 5) is 23.6. The summed E-state index contributed by atoms with van der Waals surface area (Å²) in [5, 5.41) is 3.38. The van der Waals surface area contributed by atoms with E-state index in [1.165, 1.54) is 12.1 Å². The molecule has 0 aliphatic heterocycles. The van der Waals surface area contributed by atoms with Crippen LogP contribution in [0.25, 0.3) is 11.0 Å². The van der Waals surface area contributed by atoms with Crippen LogP contribution >= 0.6 is 11.6 Å². The summed E-state index contributed by atoms with van der Waals surface area (Å²) in [6.45, 7) is -0.615. The molecule has 1 amide bonds. The van der Waals surface area contributed by atoms with Crippen LogP contribution in [0.2, 0.25) is 5.02 Å². The van der Waals surface area contributed by atoms with Crippen LogP contribution in [0.5, 0.6) is 0 Å². The molecule has 1 heterocycles. The standard InChI is InChI=1S/C17H10ClF2NO4/c18-10-1-4-14-9(5-10)6-15(25-14)17(23)24-8-16(22)21-11-2-3-12(19)13(20)7-11/h1-7H,8H2,(H,21,22). The summed E-state index contributed by atoms with van der Waals surface area (Å²) in [5.41, 5.74) is 0.487. The van der Waals surface area contributed by atoms with Gasteiger partial charge in [0.2, 0.25) is 5.76 Å². The normalized spacial score (nSPS) is 10.7. The zero-order chi connectivity index (χ0) is 18.0. The summed E-state index contributed by atoms with van der Waals surface area (Å²) in [6, 6.07) is 9.14. The number of amides is 1. The smallest absolute Gasteiger partial charge is 0.374 e. The van der Waals surface area contributed by atoms with E-state index >= 15 is 0 Å². The molecule has 3 rings (SSSR count). The molecule has 0 fully saturated rings. The Morgan fingerprint density at radius 3 is 2.64 bits per heavy atom. The van der Waals surface area contributed by atoms with Gasteiger partial charge < -0.3 is 14.5 Å². The lowest BCUT2D eigenvalue weighted by Crippen LogP contribution is -2.20. The quantitative estimate of drug-likeness (QED) is 0.705. The second-order valence-corrected chi connectivity index (χ2v) is 5.48. The lowest BCUT2D eigenvalue weighted by atomic mass is 10.2. The molecule has 0 unspecified atom stereocenters. The Bertz CT molecular complexity index is 970. The Balaban J connectivity index is 1.60. The first kappa shape index (κ1) is 16.9. The highest BCUT2D eigenvalue weighted by Crippen LogP contribution is 2.23. The van der Waals surface area contributed by atoms with Crippen molar-refractivity contribution >= 4 is 40.1 Å². The molecule has 0 saturated heterocycles. The minimum Gasteiger partial charge on any atom is -0.450 e. The number of anilines is 1. The minimum absolute atomic E-state index is 0.0401. The van der Waals surface area contributed by atoms with E-state index in [9.17, 15) is 18.4 Å². The van der Waals surface area contributed by atoms with Gasteiger partial charge in [-0.1, -0.05) is 11.6 Å². The Hall–Kier alpha value is -2.93. The molecule has 0 saturated carbocycles. The number of halogens is 3. The van der Waals surface area contributed by atoms with Crippen molar-refractivity contribution in [1.82, 2.24) is 0 Å². The van der Waals surface area contributed by atoms with Gasteiger partial charge in [0.15, 0.2) is 18.2 Å². The fourth-order valence-corrected chi connectivity index (χ4v) is 2.27. The zero-order valence-electron chi connectivity index (χ0n) is 12.5. The highest BCUT2D eigenvalue weighted by molar-refractivity contribution is 6.31. The van der Waals surface area contributed by atoms with Crippen molar-refractivity contribution in [3.63, 3.8) is 0 Å². The van der Waals surface area contributed by atoms with Crippen molar-refractivity contribution in [2.45, 2.75) is 0 Å². The van der Waals surface area contributed by atoms with Crippen molar-refractivity contribution < 1.29 is 27.5 Å². The second kappa shape index (κ2) is 6.90. The van der Waals surface area contributed by atoms with Crippen molar-refractivity contribution in [2.75, 3.05) is 11.9 Å². The fourth-order valence-electron chi connectivity index (χ4n) is 2.09. The van der Waals surface area contributed by atoms with Crippen LogP contribution in [-0.4, -0.2) is 18.5 Å². The van der Waals surface area contributed by atoms with E-state index in [2.05, 4.69) is 5.32 Å². The fraction of sp³-hybridized carbons (Fsp3) is 0.0588. The zero-order valence-corrected chi connectivity index (χ0v) is 13.3. The summed E-state index contributed by atoms with van der Waals surface area (Å²) in [7, 11) is 0. The number of benzene rings is 2. The molecule has 0 spiro atoms. The molecule has 1 aromatic heterocycles. The average Bonchev–Trinajstić information content (AvgIpc) is 2.99. The molecular formula is C17H10ClF2NO4. The first-order chi connectivity index (χ1) is 11.9. The van der Waals surface area contributed by atoms with E-state index in [4.69, 9.17) is 20.8 Å². The van der Waals surface area contributed by atoms with Crippen molar-refractivity contribution in [3.05, 3.63) is 64.9 Å². The molecule has 8 heteroatoms. The predicted molar refractivity (Wildman–Crippen MR) is 86.5 cm³/mol. The third kappa shape index (κ3) is 3.95. The maximum Gasteiger partial charge on any atom is 0.374 e. The summed E-state index contributed by atoms with van der Waals surface area (Å²) in [5.74, 6) is -3.77. The highest BCUT2D eigenvalue weighted by atomic mass is 35.5. The Morgan fingerprint density at radius 2 is 1.88 bits per heavy atom.